The highest BCUT2D eigenvalue weighted by Gasteiger charge is 2.39. The number of benzene rings is 1. The molecule has 4 rings (SSSR count). The molecular weight excluding hydrogens is 242 g/mol. The van der Waals surface area contributed by atoms with Crippen LogP contribution in [0.3, 0.4) is 0 Å². The number of hydrogen-bond donors (Lipinski definition) is 1. The Kier molecular flexibility index (Phi) is 2.14. The zero-order valence-electron chi connectivity index (χ0n) is 10.0. The molecule has 1 saturated carbocycles. The van der Waals surface area contributed by atoms with Crippen molar-refractivity contribution >= 4 is 27.4 Å². The van der Waals surface area contributed by atoms with Gasteiger partial charge in [-0.15, -0.1) is 11.3 Å². The highest BCUT2D eigenvalue weighted by atomic mass is 32.1. The second-order valence-corrected chi connectivity index (χ2v) is 5.95. The number of rotatable bonds is 2. The Balaban J connectivity index is 1.78. The Bertz CT molecular complexity index is 627. The fourth-order valence-corrected chi connectivity index (χ4v) is 3.82. The largest absolute Gasteiger partial charge is 0.370 e. The molecule has 2 aromatic rings. The van der Waals surface area contributed by atoms with Crippen molar-refractivity contribution in [3.8, 4) is 0 Å². The van der Waals surface area contributed by atoms with Crippen LogP contribution < -0.4 is 5.73 Å². The molecule has 1 unspecified atom stereocenters. The molecular formula is C14H15N3S. The summed E-state index contributed by atoms with van der Waals surface area (Å²) in [5.74, 6) is 0.734. The monoisotopic (exact) mass is 257 g/mol. The van der Waals surface area contributed by atoms with Gasteiger partial charge >= 0.3 is 0 Å². The standard InChI is InChI=1S/C14H15N3S/c15-14-16-7-12(17(14)9-5-6-9)11-8-18-13-4-2-1-3-10(11)13/h1-4,8-9,12H,5-7H2,(H2,15,16). The van der Waals surface area contributed by atoms with Gasteiger partial charge in [0.2, 0.25) is 0 Å². The van der Waals surface area contributed by atoms with Crippen molar-refractivity contribution in [3.05, 3.63) is 35.2 Å². The minimum absolute atomic E-state index is 0.355. The Morgan fingerprint density at radius 1 is 1.28 bits per heavy atom. The van der Waals surface area contributed by atoms with Crippen LogP contribution in [0.25, 0.3) is 10.1 Å². The molecule has 1 aliphatic heterocycles. The molecule has 18 heavy (non-hydrogen) atoms. The second kappa shape index (κ2) is 3.72. The quantitative estimate of drug-likeness (QED) is 0.898. The van der Waals surface area contributed by atoms with Gasteiger partial charge in [0.05, 0.1) is 12.6 Å². The van der Waals surface area contributed by atoms with Crippen LogP contribution in [0, 0.1) is 0 Å². The summed E-state index contributed by atoms with van der Waals surface area (Å²) in [6.45, 7) is 0.809. The zero-order valence-corrected chi connectivity index (χ0v) is 10.9. The third-order valence-corrected chi connectivity index (χ3v) is 4.82. The molecule has 1 aliphatic carbocycles. The van der Waals surface area contributed by atoms with E-state index in [0.29, 0.717) is 12.1 Å². The number of nitrogens with zero attached hydrogens (tertiary/aromatic N) is 2. The lowest BCUT2D eigenvalue weighted by atomic mass is 10.1. The highest BCUT2D eigenvalue weighted by Crippen LogP contribution is 2.40. The lowest BCUT2D eigenvalue weighted by Gasteiger charge is -2.26. The van der Waals surface area contributed by atoms with Crippen LogP contribution in [-0.4, -0.2) is 23.4 Å². The van der Waals surface area contributed by atoms with Crippen molar-refractivity contribution in [1.82, 2.24) is 4.90 Å². The number of aliphatic imine (C=N–C) groups is 1. The van der Waals surface area contributed by atoms with Gasteiger partial charge in [-0.1, -0.05) is 18.2 Å². The Labute approximate surface area is 110 Å². The van der Waals surface area contributed by atoms with E-state index in [1.165, 1.54) is 28.5 Å². The average Bonchev–Trinajstić information content (AvgIpc) is 3.02. The number of nitrogens with two attached hydrogens (primary N) is 1. The van der Waals surface area contributed by atoms with Crippen LogP contribution in [-0.2, 0) is 0 Å². The van der Waals surface area contributed by atoms with Crippen molar-refractivity contribution in [1.29, 1.82) is 0 Å². The van der Waals surface area contributed by atoms with E-state index < -0.39 is 0 Å². The van der Waals surface area contributed by atoms with Gasteiger partial charge in [0.25, 0.3) is 0 Å². The molecule has 3 nitrogen and oxygen atoms in total. The van der Waals surface area contributed by atoms with Crippen LogP contribution in [0.5, 0.6) is 0 Å². The van der Waals surface area contributed by atoms with Crippen molar-refractivity contribution in [3.63, 3.8) is 0 Å². The van der Waals surface area contributed by atoms with Gasteiger partial charge in [-0.25, -0.2) is 0 Å². The predicted molar refractivity (Wildman–Crippen MR) is 75.9 cm³/mol. The lowest BCUT2D eigenvalue weighted by Crippen LogP contribution is -2.37. The van der Waals surface area contributed by atoms with Crippen molar-refractivity contribution in [2.45, 2.75) is 24.9 Å². The molecule has 1 aromatic heterocycles. The molecule has 1 fully saturated rings. The lowest BCUT2D eigenvalue weighted by molar-refractivity contribution is 0.340. The molecule has 0 amide bonds. The van der Waals surface area contributed by atoms with Gasteiger partial charge in [0.15, 0.2) is 5.96 Å². The number of fused-ring (bicyclic) bond motifs is 1. The Morgan fingerprint density at radius 2 is 2.11 bits per heavy atom. The molecule has 2 aliphatic rings. The first kappa shape index (κ1) is 10.4. The number of thiophene rings is 1. The van der Waals surface area contributed by atoms with E-state index in [4.69, 9.17) is 5.73 Å². The SMILES string of the molecule is NC1=NCC(c2csc3ccccc23)N1C1CC1. The molecule has 0 saturated heterocycles. The molecule has 4 heteroatoms. The molecule has 0 spiro atoms. The topological polar surface area (TPSA) is 41.6 Å². The summed E-state index contributed by atoms with van der Waals surface area (Å²) in [4.78, 5) is 6.78. The van der Waals surface area contributed by atoms with Crippen molar-refractivity contribution < 1.29 is 0 Å². The van der Waals surface area contributed by atoms with Gasteiger partial charge in [0, 0.05) is 10.7 Å². The maximum Gasteiger partial charge on any atom is 0.192 e. The van der Waals surface area contributed by atoms with Crippen LogP contribution in [0.1, 0.15) is 24.4 Å². The third-order valence-electron chi connectivity index (χ3n) is 3.84. The highest BCUT2D eigenvalue weighted by molar-refractivity contribution is 7.17. The smallest absolute Gasteiger partial charge is 0.192 e. The molecule has 92 valence electrons. The van der Waals surface area contributed by atoms with Gasteiger partial charge in [0.1, 0.15) is 0 Å². The Hall–Kier alpha value is -1.55. The van der Waals surface area contributed by atoms with E-state index in [1.54, 1.807) is 0 Å². The first-order chi connectivity index (χ1) is 8.84. The molecule has 2 N–H and O–H groups in total. The van der Waals surface area contributed by atoms with E-state index in [1.807, 2.05) is 11.3 Å². The fourth-order valence-electron chi connectivity index (χ4n) is 2.81. The molecule has 2 heterocycles. The van der Waals surface area contributed by atoms with Crippen LogP contribution in [0.15, 0.2) is 34.6 Å². The molecule has 1 aromatic carbocycles. The molecule has 0 bridgehead atoms. The normalized spacial score (nSPS) is 23.7. The predicted octanol–water partition coefficient (Wildman–Crippen LogP) is 2.74. The zero-order chi connectivity index (χ0) is 12.1. The first-order valence-electron chi connectivity index (χ1n) is 6.39. The van der Waals surface area contributed by atoms with Gasteiger partial charge in [-0.2, -0.15) is 0 Å². The summed E-state index contributed by atoms with van der Waals surface area (Å²) in [6.07, 6.45) is 2.52. The van der Waals surface area contributed by atoms with E-state index in [9.17, 15) is 0 Å². The van der Waals surface area contributed by atoms with Gasteiger partial charge in [-0.05, 0) is 35.2 Å². The van der Waals surface area contributed by atoms with Gasteiger partial charge < -0.3 is 10.6 Å². The summed E-state index contributed by atoms with van der Waals surface area (Å²) >= 11 is 1.82. The van der Waals surface area contributed by atoms with E-state index in [2.05, 4.69) is 39.5 Å². The van der Waals surface area contributed by atoms with Crippen LogP contribution in [0.4, 0.5) is 0 Å². The second-order valence-electron chi connectivity index (χ2n) is 5.04. The molecule has 0 radical (unpaired) electrons. The summed E-state index contributed by atoms with van der Waals surface area (Å²) in [7, 11) is 0. The van der Waals surface area contributed by atoms with Crippen LogP contribution >= 0.6 is 11.3 Å². The van der Waals surface area contributed by atoms with Crippen LogP contribution in [0.2, 0.25) is 0 Å². The Morgan fingerprint density at radius 3 is 2.94 bits per heavy atom. The number of guanidine groups is 1. The molecule has 1 atom stereocenters. The number of hydrogen-bond acceptors (Lipinski definition) is 4. The summed E-state index contributed by atoms with van der Waals surface area (Å²) in [5.41, 5.74) is 7.43. The van der Waals surface area contributed by atoms with Gasteiger partial charge in [-0.3, -0.25) is 4.99 Å². The van der Waals surface area contributed by atoms with Crippen molar-refractivity contribution in [2.24, 2.45) is 10.7 Å². The first-order valence-corrected chi connectivity index (χ1v) is 7.27. The van der Waals surface area contributed by atoms with E-state index in [0.717, 1.165) is 12.5 Å². The maximum absolute atomic E-state index is 6.04. The minimum Gasteiger partial charge on any atom is -0.370 e. The maximum atomic E-state index is 6.04. The summed E-state index contributed by atoms with van der Waals surface area (Å²) in [6, 6.07) is 9.58. The van der Waals surface area contributed by atoms with Crippen molar-refractivity contribution in [2.75, 3.05) is 6.54 Å². The summed E-state index contributed by atoms with van der Waals surface area (Å²) < 4.78 is 1.36. The summed E-state index contributed by atoms with van der Waals surface area (Å²) in [5, 5.41) is 3.64. The van der Waals surface area contributed by atoms with E-state index >= 15 is 0 Å². The minimum atomic E-state index is 0.355. The fraction of sp³-hybridized carbons (Fsp3) is 0.357. The third kappa shape index (κ3) is 1.45. The average molecular weight is 257 g/mol. The van der Waals surface area contributed by atoms with E-state index in [-0.39, 0.29) is 0 Å².